The number of hydrogen-bond donors (Lipinski definition) is 3. The molecule has 3 N–H and O–H groups in total. The first kappa shape index (κ1) is 21.5. The van der Waals surface area contributed by atoms with Crippen LogP contribution < -0.4 is 16.0 Å². The van der Waals surface area contributed by atoms with Crippen LogP contribution in [0.5, 0.6) is 0 Å². The van der Waals surface area contributed by atoms with Crippen LogP contribution in [0.4, 0.5) is 22.2 Å². The summed E-state index contributed by atoms with van der Waals surface area (Å²) >= 11 is 1.49. The highest BCUT2D eigenvalue weighted by atomic mass is 32.1. The highest BCUT2D eigenvalue weighted by molar-refractivity contribution is 7.14. The summed E-state index contributed by atoms with van der Waals surface area (Å²) in [6.45, 7) is 7.30. The lowest BCUT2D eigenvalue weighted by molar-refractivity contribution is -0.115. The van der Waals surface area contributed by atoms with Crippen LogP contribution in [-0.4, -0.2) is 16.8 Å². The Morgan fingerprint density at radius 3 is 2.30 bits per heavy atom. The average molecular weight is 423 g/mol. The van der Waals surface area contributed by atoms with E-state index in [4.69, 9.17) is 0 Å². The maximum Gasteiger partial charge on any atom is 0.221 e. The van der Waals surface area contributed by atoms with Crippen molar-refractivity contribution in [2.45, 2.75) is 40.0 Å². The Balaban J connectivity index is 1.82. The molecule has 0 spiro atoms. The SMILES string of the molecule is CC[C@@H](C)c1ccc(Nc2nc(-c3ccc(NC(C)=O)cc3NC(C)=O)cs2)cc1. The fourth-order valence-electron chi connectivity index (χ4n) is 3.05. The fourth-order valence-corrected chi connectivity index (χ4v) is 3.78. The van der Waals surface area contributed by atoms with Gasteiger partial charge in [-0.1, -0.05) is 26.0 Å². The number of carbonyl (C=O) groups is 2. The Bertz CT molecular complexity index is 1040. The number of carbonyl (C=O) groups excluding carboxylic acids is 2. The zero-order valence-electron chi connectivity index (χ0n) is 17.6. The molecule has 0 bridgehead atoms. The minimum atomic E-state index is -0.189. The summed E-state index contributed by atoms with van der Waals surface area (Å²) in [4.78, 5) is 27.7. The third-order valence-electron chi connectivity index (χ3n) is 4.77. The fraction of sp³-hybridized carbons (Fsp3) is 0.261. The number of amides is 2. The number of thiazole rings is 1. The molecule has 156 valence electrons. The van der Waals surface area contributed by atoms with Gasteiger partial charge in [0.1, 0.15) is 0 Å². The maximum absolute atomic E-state index is 11.6. The van der Waals surface area contributed by atoms with Crippen LogP contribution >= 0.6 is 11.3 Å². The van der Waals surface area contributed by atoms with Gasteiger partial charge in [-0.2, -0.15) is 0 Å². The third kappa shape index (κ3) is 5.45. The Kier molecular flexibility index (Phi) is 6.84. The molecule has 1 aromatic heterocycles. The number of rotatable bonds is 7. The highest BCUT2D eigenvalue weighted by Gasteiger charge is 2.12. The van der Waals surface area contributed by atoms with Crippen molar-refractivity contribution in [2.24, 2.45) is 0 Å². The largest absolute Gasteiger partial charge is 0.332 e. The number of aromatic nitrogens is 1. The Labute approximate surface area is 180 Å². The highest BCUT2D eigenvalue weighted by Crippen LogP contribution is 2.34. The molecule has 3 aromatic rings. The van der Waals surface area contributed by atoms with Gasteiger partial charge in [0.25, 0.3) is 0 Å². The molecule has 3 rings (SSSR count). The predicted molar refractivity (Wildman–Crippen MR) is 125 cm³/mol. The molecule has 0 saturated carbocycles. The van der Waals surface area contributed by atoms with Crippen LogP contribution in [0.15, 0.2) is 47.8 Å². The summed E-state index contributed by atoms with van der Waals surface area (Å²) in [5.41, 5.74) is 5.05. The quantitative estimate of drug-likeness (QED) is 0.437. The van der Waals surface area contributed by atoms with Gasteiger partial charge in [0, 0.05) is 36.2 Å². The van der Waals surface area contributed by atoms with Crippen LogP contribution in [0, 0.1) is 0 Å². The number of nitrogens with zero attached hydrogens (tertiary/aromatic N) is 1. The second kappa shape index (κ2) is 9.54. The maximum atomic E-state index is 11.6. The molecule has 0 fully saturated rings. The minimum Gasteiger partial charge on any atom is -0.332 e. The molecular weight excluding hydrogens is 396 g/mol. The van der Waals surface area contributed by atoms with Crippen LogP contribution in [0.25, 0.3) is 11.3 Å². The molecule has 0 radical (unpaired) electrons. The van der Waals surface area contributed by atoms with E-state index in [0.717, 1.165) is 28.5 Å². The van der Waals surface area contributed by atoms with Gasteiger partial charge in [-0.05, 0) is 48.2 Å². The van der Waals surface area contributed by atoms with Crippen molar-refractivity contribution in [1.29, 1.82) is 0 Å². The number of benzene rings is 2. The van der Waals surface area contributed by atoms with E-state index in [-0.39, 0.29) is 11.8 Å². The molecule has 0 aliphatic carbocycles. The average Bonchev–Trinajstić information content (AvgIpc) is 3.15. The molecule has 1 heterocycles. The van der Waals surface area contributed by atoms with Crippen molar-refractivity contribution in [3.05, 3.63) is 53.4 Å². The molecule has 0 aliphatic rings. The topological polar surface area (TPSA) is 83.1 Å². The van der Waals surface area contributed by atoms with E-state index in [1.54, 1.807) is 12.1 Å². The van der Waals surface area contributed by atoms with Crippen molar-refractivity contribution < 1.29 is 9.59 Å². The van der Waals surface area contributed by atoms with E-state index >= 15 is 0 Å². The lowest BCUT2D eigenvalue weighted by atomic mass is 9.99. The molecule has 7 heteroatoms. The van der Waals surface area contributed by atoms with Gasteiger partial charge in [-0.25, -0.2) is 4.98 Å². The Hall–Kier alpha value is -3.19. The molecule has 30 heavy (non-hydrogen) atoms. The summed E-state index contributed by atoms with van der Waals surface area (Å²) in [5.74, 6) is 0.181. The summed E-state index contributed by atoms with van der Waals surface area (Å²) < 4.78 is 0. The standard InChI is InChI=1S/C23H26N4O2S/c1-5-14(2)17-6-8-18(9-7-17)26-23-27-22(13-30-23)20-11-10-19(24-15(3)28)12-21(20)25-16(4)29/h6-14H,5H2,1-4H3,(H,24,28)(H,25,29)(H,26,27)/t14-/m1/s1. The molecule has 0 saturated heterocycles. The minimum absolute atomic E-state index is 0.170. The second-order valence-corrected chi connectivity index (χ2v) is 8.08. The van der Waals surface area contributed by atoms with Gasteiger partial charge in [-0.15, -0.1) is 11.3 Å². The Morgan fingerprint density at radius 1 is 1.00 bits per heavy atom. The van der Waals surface area contributed by atoms with Gasteiger partial charge < -0.3 is 16.0 Å². The van der Waals surface area contributed by atoms with E-state index < -0.39 is 0 Å². The van der Waals surface area contributed by atoms with Crippen LogP contribution in [0.1, 0.15) is 45.6 Å². The molecule has 0 aliphatic heterocycles. The van der Waals surface area contributed by atoms with Crippen LogP contribution in [0.3, 0.4) is 0 Å². The predicted octanol–water partition coefficient (Wildman–Crippen LogP) is 5.98. The summed E-state index contributed by atoms with van der Waals surface area (Å²) in [7, 11) is 0. The third-order valence-corrected chi connectivity index (χ3v) is 5.53. The zero-order chi connectivity index (χ0) is 21.7. The lowest BCUT2D eigenvalue weighted by Gasteiger charge is -2.11. The Morgan fingerprint density at radius 2 is 1.67 bits per heavy atom. The van der Waals surface area contributed by atoms with Crippen molar-refractivity contribution >= 4 is 45.3 Å². The lowest BCUT2D eigenvalue weighted by Crippen LogP contribution is -2.09. The van der Waals surface area contributed by atoms with Gasteiger partial charge in [-0.3, -0.25) is 9.59 Å². The molecule has 2 amide bonds. The van der Waals surface area contributed by atoms with E-state index in [0.29, 0.717) is 17.3 Å². The normalized spacial score (nSPS) is 11.6. The number of nitrogens with one attached hydrogen (secondary N) is 3. The molecule has 6 nitrogen and oxygen atoms in total. The van der Waals surface area contributed by atoms with E-state index in [2.05, 4.69) is 59.0 Å². The van der Waals surface area contributed by atoms with E-state index in [1.807, 2.05) is 11.4 Å². The van der Waals surface area contributed by atoms with Gasteiger partial charge in [0.2, 0.25) is 11.8 Å². The van der Waals surface area contributed by atoms with Crippen molar-refractivity contribution in [1.82, 2.24) is 4.98 Å². The first-order valence-electron chi connectivity index (χ1n) is 9.87. The van der Waals surface area contributed by atoms with Crippen molar-refractivity contribution in [2.75, 3.05) is 16.0 Å². The van der Waals surface area contributed by atoms with Gasteiger partial charge >= 0.3 is 0 Å². The number of hydrogen-bond acceptors (Lipinski definition) is 5. The van der Waals surface area contributed by atoms with Crippen molar-refractivity contribution in [3.63, 3.8) is 0 Å². The molecule has 1 atom stereocenters. The summed E-state index contributed by atoms with van der Waals surface area (Å²) in [5, 5.41) is 11.6. The van der Waals surface area contributed by atoms with E-state index in [1.165, 1.54) is 30.7 Å². The van der Waals surface area contributed by atoms with Crippen LogP contribution in [0.2, 0.25) is 0 Å². The molecule has 0 unspecified atom stereocenters. The second-order valence-electron chi connectivity index (χ2n) is 7.22. The van der Waals surface area contributed by atoms with Gasteiger partial charge in [0.15, 0.2) is 5.13 Å². The summed E-state index contributed by atoms with van der Waals surface area (Å²) in [6.07, 6.45) is 1.11. The number of anilines is 4. The zero-order valence-corrected chi connectivity index (χ0v) is 18.4. The van der Waals surface area contributed by atoms with Gasteiger partial charge in [0.05, 0.1) is 11.4 Å². The smallest absolute Gasteiger partial charge is 0.221 e. The molecule has 2 aromatic carbocycles. The molecular formula is C23H26N4O2S. The van der Waals surface area contributed by atoms with Crippen LogP contribution in [-0.2, 0) is 9.59 Å². The summed E-state index contributed by atoms with van der Waals surface area (Å²) in [6, 6.07) is 13.8. The first-order chi connectivity index (χ1) is 14.4. The first-order valence-corrected chi connectivity index (χ1v) is 10.8. The van der Waals surface area contributed by atoms with E-state index in [9.17, 15) is 9.59 Å². The monoisotopic (exact) mass is 422 g/mol. The van der Waals surface area contributed by atoms with Crippen molar-refractivity contribution in [3.8, 4) is 11.3 Å².